The predicted octanol–water partition coefficient (Wildman–Crippen LogP) is 2.24. The van der Waals surface area contributed by atoms with Crippen LogP contribution >= 0.6 is 0 Å². The summed E-state index contributed by atoms with van der Waals surface area (Å²) in [7, 11) is 0. The van der Waals surface area contributed by atoms with E-state index in [9.17, 15) is 9.59 Å². The highest BCUT2D eigenvalue weighted by molar-refractivity contribution is 5.67. The van der Waals surface area contributed by atoms with Crippen LogP contribution in [0.15, 0.2) is 41.5 Å². The molecule has 0 atom stereocenters. The first kappa shape index (κ1) is 14.1. The zero-order valence-corrected chi connectivity index (χ0v) is 11.6. The maximum Gasteiger partial charge on any atom is 0.332 e. The number of hydrogen-bond acceptors (Lipinski definition) is 2. The van der Waals surface area contributed by atoms with Crippen LogP contribution in [-0.2, 0) is 11.2 Å². The first-order valence-electron chi connectivity index (χ1n) is 6.60. The fourth-order valence-electron chi connectivity index (χ4n) is 2.17. The third-order valence-electron chi connectivity index (χ3n) is 3.22. The molecule has 0 spiro atoms. The van der Waals surface area contributed by atoms with Crippen LogP contribution in [0.2, 0.25) is 0 Å². The molecule has 5 nitrogen and oxygen atoms in total. The van der Waals surface area contributed by atoms with Crippen LogP contribution in [0.25, 0.3) is 5.69 Å². The Balaban J connectivity index is 2.43. The number of hydrogen-bond donors (Lipinski definition) is 1. The van der Waals surface area contributed by atoms with E-state index in [0.717, 1.165) is 11.3 Å². The molecule has 2 aromatic rings. The lowest BCUT2D eigenvalue weighted by Gasteiger charge is -2.09. The van der Waals surface area contributed by atoms with E-state index < -0.39 is 5.97 Å². The van der Waals surface area contributed by atoms with Gasteiger partial charge in [0, 0.05) is 24.9 Å². The van der Waals surface area contributed by atoms with Crippen LogP contribution in [-0.4, -0.2) is 20.2 Å². The summed E-state index contributed by atoms with van der Waals surface area (Å²) in [6.07, 6.45) is 3.93. The van der Waals surface area contributed by atoms with Gasteiger partial charge in [-0.05, 0) is 31.9 Å². The molecular formula is C15H18N2O3. The van der Waals surface area contributed by atoms with E-state index in [1.807, 2.05) is 38.1 Å². The Kier molecular flexibility index (Phi) is 4.08. The number of carboxylic acid groups (broad SMARTS) is 1. The number of para-hydroxylation sites is 1. The van der Waals surface area contributed by atoms with Gasteiger partial charge in [0.2, 0.25) is 0 Å². The summed E-state index contributed by atoms with van der Waals surface area (Å²) >= 11 is 0. The van der Waals surface area contributed by atoms with Crippen molar-refractivity contribution in [2.24, 2.45) is 0 Å². The van der Waals surface area contributed by atoms with Gasteiger partial charge in [0.15, 0.2) is 0 Å². The van der Waals surface area contributed by atoms with Gasteiger partial charge in [-0.25, -0.2) is 4.79 Å². The molecule has 0 radical (unpaired) electrons. The van der Waals surface area contributed by atoms with E-state index in [0.29, 0.717) is 6.42 Å². The normalized spacial score (nSPS) is 10.9. The van der Waals surface area contributed by atoms with Crippen molar-refractivity contribution in [1.82, 2.24) is 9.13 Å². The second-order valence-corrected chi connectivity index (χ2v) is 4.97. The number of rotatable bonds is 5. The molecule has 0 saturated carbocycles. The smallest absolute Gasteiger partial charge is 0.332 e. The highest BCUT2D eigenvalue weighted by Crippen LogP contribution is 2.15. The quantitative estimate of drug-likeness (QED) is 0.909. The Labute approximate surface area is 117 Å². The molecule has 106 valence electrons. The maximum atomic E-state index is 12.3. The third-order valence-corrected chi connectivity index (χ3v) is 3.22. The van der Waals surface area contributed by atoms with Crippen molar-refractivity contribution >= 4 is 5.97 Å². The molecular weight excluding hydrogens is 256 g/mol. The molecule has 0 aliphatic carbocycles. The van der Waals surface area contributed by atoms with Crippen LogP contribution in [0.1, 0.15) is 31.9 Å². The van der Waals surface area contributed by atoms with E-state index in [-0.39, 0.29) is 18.2 Å². The summed E-state index contributed by atoms with van der Waals surface area (Å²) < 4.78 is 3.21. The lowest BCUT2D eigenvalue weighted by Crippen LogP contribution is -2.24. The molecule has 1 heterocycles. The number of carboxylic acids is 1. The van der Waals surface area contributed by atoms with Crippen LogP contribution in [0.4, 0.5) is 0 Å². The lowest BCUT2D eigenvalue weighted by molar-refractivity contribution is -0.136. The molecule has 5 heteroatoms. The molecule has 0 unspecified atom stereocenters. The Morgan fingerprint density at radius 3 is 2.55 bits per heavy atom. The highest BCUT2D eigenvalue weighted by Gasteiger charge is 2.11. The summed E-state index contributed by atoms with van der Waals surface area (Å²) in [6, 6.07) is 7.49. The van der Waals surface area contributed by atoms with Gasteiger partial charge in [-0.1, -0.05) is 18.2 Å². The molecule has 20 heavy (non-hydrogen) atoms. The van der Waals surface area contributed by atoms with Crippen molar-refractivity contribution in [1.29, 1.82) is 0 Å². The minimum Gasteiger partial charge on any atom is -0.481 e. The molecule has 0 bridgehead atoms. The zero-order chi connectivity index (χ0) is 14.7. The molecule has 0 aliphatic heterocycles. The topological polar surface area (TPSA) is 64.2 Å². The van der Waals surface area contributed by atoms with Crippen LogP contribution in [0.5, 0.6) is 0 Å². The summed E-state index contributed by atoms with van der Waals surface area (Å²) in [6.45, 7) is 3.89. The summed E-state index contributed by atoms with van der Waals surface area (Å²) in [5.74, 6) is -0.841. The minimum absolute atomic E-state index is 0.0522. The van der Waals surface area contributed by atoms with Gasteiger partial charge in [-0.15, -0.1) is 0 Å². The SMILES string of the molecule is CC(C)n1ccn(-c2ccccc2CCC(=O)O)c1=O. The second kappa shape index (κ2) is 5.77. The molecule has 0 fully saturated rings. The highest BCUT2D eigenvalue weighted by atomic mass is 16.4. The fraction of sp³-hybridized carbons (Fsp3) is 0.333. The average molecular weight is 274 g/mol. The molecule has 2 rings (SSSR count). The van der Waals surface area contributed by atoms with Crippen molar-refractivity contribution < 1.29 is 9.90 Å². The Hall–Kier alpha value is -2.30. The number of aromatic nitrogens is 2. The van der Waals surface area contributed by atoms with Crippen molar-refractivity contribution in [2.45, 2.75) is 32.7 Å². The third kappa shape index (κ3) is 2.82. The van der Waals surface area contributed by atoms with E-state index in [1.165, 1.54) is 0 Å². The molecule has 1 N–H and O–H groups in total. The van der Waals surface area contributed by atoms with Crippen molar-refractivity contribution in [2.75, 3.05) is 0 Å². The molecule has 0 aliphatic rings. The number of aliphatic carboxylic acids is 1. The Bertz CT molecular complexity index is 668. The predicted molar refractivity (Wildman–Crippen MR) is 76.4 cm³/mol. The molecule has 1 aromatic carbocycles. The van der Waals surface area contributed by atoms with Crippen LogP contribution < -0.4 is 5.69 Å². The number of carbonyl (C=O) groups is 1. The molecule has 1 aromatic heterocycles. The van der Waals surface area contributed by atoms with E-state index in [4.69, 9.17) is 5.11 Å². The largest absolute Gasteiger partial charge is 0.481 e. The van der Waals surface area contributed by atoms with Crippen molar-refractivity contribution in [3.63, 3.8) is 0 Å². The minimum atomic E-state index is -0.841. The number of aryl methyl sites for hydroxylation is 1. The summed E-state index contributed by atoms with van der Waals surface area (Å²) in [4.78, 5) is 23.0. The van der Waals surface area contributed by atoms with Crippen molar-refractivity contribution in [3.05, 3.63) is 52.7 Å². The Morgan fingerprint density at radius 1 is 1.25 bits per heavy atom. The van der Waals surface area contributed by atoms with Gasteiger partial charge in [0.05, 0.1) is 5.69 Å². The standard InChI is InChI=1S/C15H18N2O3/c1-11(2)16-9-10-17(15(16)20)13-6-4-3-5-12(13)7-8-14(18)19/h3-6,9-11H,7-8H2,1-2H3,(H,18,19). The van der Waals surface area contributed by atoms with Crippen molar-refractivity contribution in [3.8, 4) is 5.69 Å². The van der Waals surface area contributed by atoms with E-state index in [1.54, 1.807) is 21.5 Å². The second-order valence-electron chi connectivity index (χ2n) is 4.97. The lowest BCUT2D eigenvalue weighted by atomic mass is 10.1. The monoisotopic (exact) mass is 274 g/mol. The van der Waals surface area contributed by atoms with Gasteiger partial charge in [0.25, 0.3) is 0 Å². The zero-order valence-electron chi connectivity index (χ0n) is 11.6. The van der Waals surface area contributed by atoms with Gasteiger partial charge in [-0.2, -0.15) is 0 Å². The summed E-state index contributed by atoms with van der Waals surface area (Å²) in [5, 5.41) is 8.80. The Morgan fingerprint density at radius 2 is 1.95 bits per heavy atom. The van der Waals surface area contributed by atoms with Crippen LogP contribution in [0, 0.1) is 0 Å². The van der Waals surface area contributed by atoms with E-state index >= 15 is 0 Å². The fourth-order valence-corrected chi connectivity index (χ4v) is 2.17. The maximum absolute atomic E-state index is 12.3. The van der Waals surface area contributed by atoms with Crippen LogP contribution in [0.3, 0.4) is 0 Å². The number of imidazole rings is 1. The first-order valence-corrected chi connectivity index (χ1v) is 6.60. The van der Waals surface area contributed by atoms with Gasteiger partial charge in [-0.3, -0.25) is 13.9 Å². The first-order chi connectivity index (χ1) is 9.50. The van der Waals surface area contributed by atoms with Gasteiger partial charge in [0.1, 0.15) is 0 Å². The average Bonchev–Trinajstić information content (AvgIpc) is 2.78. The molecule has 0 saturated heterocycles. The van der Waals surface area contributed by atoms with Gasteiger partial charge >= 0.3 is 11.7 Å². The number of nitrogens with zero attached hydrogens (tertiary/aromatic N) is 2. The summed E-state index contributed by atoms with van der Waals surface area (Å²) in [5.41, 5.74) is 1.50. The van der Waals surface area contributed by atoms with Gasteiger partial charge < -0.3 is 5.11 Å². The molecule has 0 amide bonds. The number of benzene rings is 1. The van der Waals surface area contributed by atoms with E-state index in [2.05, 4.69) is 0 Å².